The van der Waals surface area contributed by atoms with Crippen LogP contribution in [0.25, 0.3) is 0 Å². The second kappa shape index (κ2) is 27.8. The van der Waals surface area contributed by atoms with Crippen molar-refractivity contribution in [2.75, 3.05) is 47.5 Å². The van der Waals surface area contributed by atoms with E-state index in [1.54, 1.807) is 0 Å². The monoisotopic (exact) mass is 645 g/mol. The van der Waals surface area contributed by atoms with E-state index in [-0.39, 0.29) is 26.1 Å². The van der Waals surface area contributed by atoms with Gasteiger partial charge in [0.1, 0.15) is 19.8 Å². The number of phosphoric acid groups is 1. The zero-order valence-corrected chi connectivity index (χ0v) is 29.5. The van der Waals surface area contributed by atoms with Crippen LogP contribution < -0.4 is 4.89 Å². The molecule has 0 heterocycles. The SMILES string of the molecule is CCCCCCCC/C=C/C/C=C/CCC(=O)OC(COC(=O)CCCCCCCCC)COP(=O)([O-])OCC[N+](C)(C)C. The minimum Gasteiger partial charge on any atom is -0.756 e. The summed E-state index contributed by atoms with van der Waals surface area (Å²) in [5.41, 5.74) is 0. The minimum atomic E-state index is -4.62. The van der Waals surface area contributed by atoms with Crippen LogP contribution in [0.4, 0.5) is 0 Å². The van der Waals surface area contributed by atoms with Crippen molar-refractivity contribution in [1.29, 1.82) is 0 Å². The lowest BCUT2D eigenvalue weighted by molar-refractivity contribution is -0.870. The van der Waals surface area contributed by atoms with Gasteiger partial charge in [-0.05, 0) is 32.1 Å². The molecule has 0 N–H and O–H groups in total. The Hall–Kier alpha value is -1.51. The number of carbonyl (C=O) groups is 2. The van der Waals surface area contributed by atoms with Crippen molar-refractivity contribution in [2.45, 2.75) is 136 Å². The standard InChI is InChI=1S/C34H64NO8P/c1-6-8-10-12-14-15-16-17-18-19-21-23-25-27-34(37)43-32(31-42-44(38,39)41-29-28-35(3,4)5)30-40-33(36)26-24-22-20-13-11-9-7-2/h17-18,21,23,32H,6-16,19-20,22,24-31H2,1-5H3/b18-17+,23-21+. The number of carbonyl (C=O) groups excluding carboxylic acids is 2. The van der Waals surface area contributed by atoms with E-state index in [0.717, 1.165) is 38.5 Å². The van der Waals surface area contributed by atoms with Gasteiger partial charge in [0.05, 0.1) is 27.7 Å². The second-order valence-electron chi connectivity index (χ2n) is 12.5. The zero-order valence-electron chi connectivity index (χ0n) is 28.6. The van der Waals surface area contributed by atoms with Gasteiger partial charge in [0, 0.05) is 12.8 Å². The molecular weight excluding hydrogens is 581 g/mol. The number of hydrogen-bond donors (Lipinski definition) is 0. The van der Waals surface area contributed by atoms with Crippen LogP contribution in [0.15, 0.2) is 24.3 Å². The van der Waals surface area contributed by atoms with Crippen LogP contribution in [-0.2, 0) is 32.7 Å². The maximum Gasteiger partial charge on any atom is 0.306 e. The summed E-state index contributed by atoms with van der Waals surface area (Å²) in [4.78, 5) is 37.0. The van der Waals surface area contributed by atoms with E-state index in [2.05, 4.69) is 26.0 Å². The van der Waals surface area contributed by atoms with E-state index in [1.165, 1.54) is 57.8 Å². The van der Waals surface area contributed by atoms with Crippen molar-refractivity contribution in [2.24, 2.45) is 0 Å². The highest BCUT2D eigenvalue weighted by molar-refractivity contribution is 7.45. The molecule has 0 saturated heterocycles. The Morgan fingerprint density at radius 3 is 1.89 bits per heavy atom. The molecular formula is C34H64NO8P. The van der Waals surface area contributed by atoms with E-state index >= 15 is 0 Å². The molecule has 0 aliphatic rings. The van der Waals surface area contributed by atoms with Crippen LogP contribution in [0.5, 0.6) is 0 Å². The first kappa shape index (κ1) is 42.5. The molecule has 10 heteroatoms. The summed E-state index contributed by atoms with van der Waals surface area (Å²) >= 11 is 0. The lowest BCUT2D eigenvalue weighted by atomic mass is 10.1. The molecule has 0 aliphatic carbocycles. The number of hydrogen-bond acceptors (Lipinski definition) is 8. The molecule has 2 atom stereocenters. The van der Waals surface area contributed by atoms with Crippen molar-refractivity contribution in [3.8, 4) is 0 Å². The van der Waals surface area contributed by atoms with Gasteiger partial charge in [-0.15, -0.1) is 0 Å². The molecule has 0 aromatic rings. The van der Waals surface area contributed by atoms with E-state index < -0.39 is 32.5 Å². The molecule has 44 heavy (non-hydrogen) atoms. The molecule has 0 aliphatic heterocycles. The Labute approximate surface area is 268 Å². The number of allylic oxidation sites excluding steroid dienone is 4. The molecule has 0 amide bonds. The Kier molecular flexibility index (Phi) is 26.8. The number of nitrogens with zero attached hydrogens (tertiary/aromatic N) is 1. The normalized spacial score (nSPS) is 14.2. The predicted octanol–water partition coefficient (Wildman–Crippen LogP) is 7.82. The molecule has 0 rings (SSSR count). The highest BCUT2D eigenvalue weighted by atomic mass is 31.2. The second-order valence-corrected chi connectivity index (χ2v) is 13.9. The lowest BCUT2D eigenvalue weighted by Gasteiger charge is -2.28. The molecule has 0 spiro atoms. The maximum atomic E-state index is 12.5. The Morgan fingerprint density at radius 2 is 1.27 bits per heavy atom. The fourth-order valence-electron chi connectivity index (χ4n) is 4.23. The average Bonchev–Trinajstić information content (AvgIpc) is 2.95. The third kappa shape index (κ3) is 30.5. The summed E-state index contributed by atoms with van der Waals surface area (Å²) in [5.74, 6) is -0.923. The number of unbranched alkanes of at least 4 members (excludes halogenated alkanes) is 12. The van der Waals surface area contributed by atoms with Crippen molar-refractivity contribution >= 4 is 19.8 Å². The van der Waals surface area contributed by atoms with E-state index in [0.29, 0.717) is 17.4 Å². The summed E-state index contributed by atoms with van der Waals surface area (Å²) in [6.45, 7) is 4.07. The van der Waals surface area contributed by atoms with E-state index in [4.69, 9.17) is 18.5 Å². The third-order valence-corrected chi connectivity index (χ3v) is 7.95. The Balaban J connectivity index is 4.58. The number of rotatable bonds is 30. The lowest BCUT2D eigenvalue weighted by Crippen LogP contribution is -2.37. The van der Waals surface area contributed by atoms with Gasteiger partial charge in [-0.25, -0.2) is 0 Å². The van der Waals surface area contributed by atoms with Gasteiger partial charge in [0.15, 0.2) is 6.10 Å². The van der Waals surface area contributed by atoms with Gasteiger partial charge >= 0.3 is 11.9 Å². The van der Waals surface area contributed by atoms with Crippen molar-refractivity contribution in [3.05, 3.63) is 24.3 Å². The maximum absolute atomic E-state index is 12.5. The molecule has 9 nitrogen and oxygen atoms in total. The number of phosphoric ester groups is 1. The molecule has 0 fully saturated rings. The number of esters is 2. The topological polar surface area (TPSA) is 111 Å². The molecule has 0 saturated carbocycles. The van der Waals surface area contributed by atoms with E-state index in [9.17, 15) is 19.0 Å². The Bertz CT molecular complexity index is 825. The van der Waals surface area contributed by atoms with Crippen molar-refractivity contribution in [1.82, 2.24) is 0 Å². The first-order valence-electron chi connectivity index (χ1n) is 17.0. The highest BCUT2D eigenvalue weighted by Crippen LogP contribution is 2.38. The number of quaternary nitrogens is 1. The summed E-state index contributed by atoms with van der Waals surface area (Å²) in [6, 6.07) is 0. The summed E-state index contributed by atoms with van der Waals surface area (Å²) in [6.07, 6.45) is 25.3. The molecule has 0 aromatic carbocycles. The van der Waals surface area contributed by atoms with Crippen LogP contribution in [0, 0.1) is 0 Å². The highest BCUT2D eigenvalue weighted by Gasteiger charge is 2.21. The predicted molar refractivity (Wildman–Crippen MR) is 176 cm³/mol. The molecule has 2 unspecified atom stereocenters. The fraction of sp³-hybridized carbons (Fsp3) is 0.824. The van der Waals surface area contributed by atoms with E-state index in [1.807, 2.05) is 33.3 Å². The molecule has 258 valence electrons. The Morgan fingerprint density at radius 1 is 0.705 bits per heavy atom. The molecule has 0 aromatic heterocycles. The van der Waals surface area contributed by atoms with Crippen LogP contribution in [0.2, 0.25) is 0 Å². The summed E-state index contributed by atoms with van der Waals surface area (Å²) < 4.78 is 33.4. The largest absolute Gasteiger partial charge is 0.756 e. The van der Waals surface area contributed by atoms with Gasteiger partial charge in [0.25, 0.3) is 7.82 Å². The zero-order chi connectivity index (χ0) is 32.9. The molecule has 0 bridgehead atoms. The quantitative estimate of drug-likeness (QED) is 0.0256. The summed E-state index contributed by atoms with van der Waals surface area (Å²) in [7, 11) is 1.13. The van der Waals surface area contributed by atoms with Gasteiger partial charge < -0.3 is 27.9 Å². The minimum absolute atomic E-state index is 0.0390. The number of ether oxygens (including phenoxy) is 2. The first-order valence-corrected chi connectivity index (χ1v) is 18.5. The van der Waals surface area contributed by atoms with Crippen LogP contribution in [-0.4, -0.2) is 70.0 Å². The van der Waals surface area contributed by atoms with Gasteiger partial charge in [-0.1, -0.05) is 109 Å². The third-order valence-electron chi connectivity index (χ3n) is 6.99. The van der Waals surface area contributed by atoms with Crippen molar-refractivity contribution < 1.29 is 42.1 Å². The van der Waals surface area contributed by atoms with Gasteiger partial charge in [0.2, 0.25) is 0 Å². The fourth-order valence-corrected chi connectivity index (χ4v) is 4.96. The summed E-state index contributed by atoms with van der Waals surface area (Å²) in [5, 5.41) is 0. The van der Waals surface area contributed by atoms with Gasteiger partial charge in [-0.2, -0.15) is 0 Å². The van der Waals surface area contributed by atoms with Crippen molar-refractivity contribution in [3.63, 3.8) is 0 Å². The smallest absolute Gasteiger partial charge is 0.306 e. The van der Waals surface area contributed by atoms with Crippen LogP contribution in [0.3, 0.4) is 0 Å². The van der Waals surface area contributed by atoms with Crippen LogP contribution >= 0.6 is 7.82 Å². The average molecular weight is 646 g/mol. The first-order chi connectivity index (χ1) is 21.0. The van der Waals surface area contributed by atoms with Crippen LogP contribution in [0.1, 0.15) is 129 Å². The van der Waals surface area contributed by atoms with Gasteiger partial charge in [-0.3, -0.25) is 14.2 Å². The molecule has 0 radical (unpaired) electrons. The number of likely N-dealkylation sites (N-methyl/N-ethyl adjacent to an activating group) is 1.